The minimum Gasteiger partial charge on any atom is -0.507 e. The van der Waals surface area contributed by atoms with Gasteiger partial charge in [-0.05, 0) is 54.8 Å². The van der Waals surface area contributed by atoms with Crippen LogP contribution in [0, 0.1) is 13.8 Å². The van der Waals surface area contributed by atoms with Crippen molar-refractivity contribution in [2.24, 2.45) is 0 Å². The van der Waals surface area contributed by atoms with Gasteiger partial charge in [0.05, 0.1) is 22.6 Å². The van der Waals surface area contributed by atoms with E-state index in [4.69, 9.17) is 0 Å². The molecule has 0 bridgehead atoms. The largest absolute Gasteiger partial charge is 0.507 e. The molecule has 7 nitrogen and oxygen atoms in total. The van der Waals surface area contributed by atoms with Crippen LogP contribution in [-0.4, -0.2) is 40.9 Å². The molecule has 3 aromatic carbocycles. The van der Waals surface area contributed by atoms with Crippen LogP contribution in [0.4, 0.5) is 11.6 Å². The zero-order valence-corrected chi connectivity index (χ0v) is 20.0. The van der Waals surface area contributed by atoms with E-state index >= 15 is 0 Å². The number of aliphatic hydroxyl groups is 1. The zero-order chi connectivity index (χ0) is 24.9. The van der Waals surface area contributed by atoms with Crippen molar-refractivity contribution < 1.29 is 14.7 Å². The van der Waals surface area contributed by atoms with Crippen LogP contribution in [0.1, 0.15) is 28.3 Å². The van der Waals surface area contributed by atoms with Gasteiger partial charge in [0.15, 0.2) is 0 Å². The van der Waals surface area contributed by atoms with Crippen LogP contribution in [0.5, 0.6) is 0 Å². The smallest absolute Gasteiger partial charge is 0.302 e. The van der Waals surface area contributed by atoms with Gasteiger partial charge in [-0.15, -0.1) is 0 Å². The highest BCUT2D eigenvalue weighted by Gasteiger charge is 2.48. The van der Waals surface area contributed by atoms with E-state index in [0.29, 0.717) is 16.6 Å². The molecule has 2 heterocycles. The highest BCUT2D eigenvalue weighted by atomic mass is 16.3. The Balaban J connectivity index is 1.72. The number of carbonyl (C=O) groups is 2. The SMILES string of the molecule is Cc1cc2nc(N3C(=O)C(=O)/C(=C(/O)c4ccccc4)C3c3ccc(N(C)C)cc3)[nH]c2cc1C. The number of hydrogen-bond acceptors (Lipinski definition) is 5. The summed E-state index contributed by atoms with van der Waals surface area (Å²) in [5.74, 6) is -1.44. The molecule has 1 unspecified atom stereocenters. The Bertz CT molecular complexity index is 1450. The minimum absolute atomic E-state index is 0.0339. The molecule has 176 valence electrons. The lowest BCUT2D eigenvalue weighted by atomic mass is 9.95. The van der Waals surface area contributed by atoms with Gasteiger partial charge in [-0.1, -0.05) is 42.5 Å². The van der Waals surface area contributed by atoms with Crippen molar-refractivity contribution in [3.63, 3.8) is 0 Å². The summed E-state index contributed by atoms with van der Waals surface area (Å²) < 4.78 is 0. The van der Waals surface area contributed by atoms with Crippen LogP contribution in [-0.2, 0) is 9.59 Å². The first-order valence-electron chi connectivity index (χ1n) is 11.4. The van der Waals surface area contributed by atoms with Gasteiger partial charge >= 0.3 is 5.91 Å². The fourth-order valence-corrected chi connectivity index (χ4v) is 4.44. The van der Waals surface area contributed by atoms with Gasteiger partial charge in [0, 0.05) is 25.3 Å². The molecule has 5 rings (SSSR count). The van der Waals surface area contributed by atoms with Gasteiger partial charge in [-0.25, -0.2) is 4.98 Å². The summed E-state index contributed by atoms with van der Waals surface area (Å²) in [5.41, 5.74) is 5.82. The van der Waals surface area contributed by atoms with E-state index in [1.165, 1.54) is 4.90 Å². The Morgan fingerprint density at radius 2 is 1.63 bits per heavy atom. The van der Waals surface area contributed by atoms with Gasteiger partial charge < -0.3 is 15.0 Å². The molecule has 1 saturated heterocycles. The third-order valence-corrected chi connectivity index (χ3v) is 6.53. The number of H-pyrrole nitrogens is 1. The molecule has 7 heteroatoms. The first-order valence-corrected chi connectivity index (χ1v) is 11.4. The first kappa shape index (κ1) is 22.4. The van der Waals surface area contributed by atoms with Crippen LogP contribution in [0.2, 0.25) is 0 Å². The summed E-state index contributed by atoms with van der Waals surface area (Å²) in [5, 5.41) is 11.2. The van der Waals surface area contributed by atoms with Crippen molar-refractivity contribution in [1.29, 1.82) is 0 Å². The maximum Gasteiger partial charge on any atom is 0.302 e. The number of ketones is 1. The molecule has 1 aliphatic rings. The second-order valence-corrected chi connectivity index (χ2v) is 9.04. The minimum atomic E-state index is -0.839. The predicted molar refractivity (Wildman–Crippen MR) is 138 cm³/mol. The number of rotatable bonds is 4. The van der Waals surface area contributed by atoms with E-state index in [2.05, 4.69) is 9.97 Å². The van der Waals surface area contributed by atoms with Crippen LogP contribution in [0.25, 0.3) is 16.8 Å². The van der Waals surface area contributed by atoms with Gasteiger partial charge in [0.25, 0.3) is 5.78 Å². The Morgan fingerprint density at radius 1 is 0.971 bits per heavy atom. The molecule has 1 amide bonds. The molecule has 0 spiro atoms. The number of aliphatic hydroxyl groups excluding tert-OH is 1. The van der Waals surface area contributed by atoms with Crippen LogP contribution in [0.3, 0.4) is 0 Å². The summed E-state index contributed by atoms with van der Waals surface area (Å²) in [6.45, 7) is 4.01. The lowest BCUT2D eigenvalue weighted by Crippen LogP contribution is -2.30. The second-order valence-electron chi connectivity index (χ2n) is 9.04. The van der Waals surface area contributed by atoms with Crippen molar-refractivity contribution in [1.82, 2.24) is 9.97 Å². The summed E-state index contributed by atoms with van der Waals surface area (Å²) in [6.07, 6.45) is 0. The quantitative estimate of drug-likeness (QED) is 0.254. The standard InChI is InChI=1S/C28H26N4O3/c1-16-14-21-22(15-17(16)2)30-28(29-21)32-24(18-10-12-20(13-11-18)31(3)4)23(26(34)27(32)35)25(33)19-8-6-5-7-9-19/h5-15,24,33H,1-4H3,(H,29,30)/b25-23+. The Hall–Kier alpha value is -4.39. The monoisotopic (exact) mass is 466 g/mol. The molecule has 1 aliphatic heterocycles. The van der Waals surface area contributed by atoms with Crippen molar-refractivity contribution in [3.05, 3.63) is 94.6 Å². The number of anilines is 2. The summed E-state index contributed by atoms with van der Waals surface area (Å²) >= 11 is 0. The third kappa shape index (κ3) is 3.75. The normalized spacial score (nSPS) is 17.4. The Labute approximate surface area is 203 Å². The molecule has 4 aromatic rings. The average Bonchev–Trinajstić information content (AvgIpc) is 3.37. The maximum atomic E-state index is 13.4. The second kappa shape index (κ2) is 8.43. The molecule has 35 heavy (non-hydrogen) atoms. The third-order valence-electron chi connectivity index (χ3n) is 6.53. The summed E-state index contributed by atoms with van der Waals surface area (Å²) in [6, 6.07) is 19.5. The predicted octanol–water partition coefficient (Wildman–Crippen LogP) is 4.87. The molecule has 2 N–H and O–H groups in total. The van der Waals surface area contributed by atoms with E-state index in [-0.39, 0.29) is 17.3 Å². The lowest BCUT2D eigenvalue weighted by molar-refractivity contribution is -0.132. The van der Waals surface area contributed by atoms with E-state index in [1.807, 2.05) is 75.3 Å². The molecule has 0 radical (unpaired) electrons. The lowest BCUT2D eigenvalue weighted by Gasteiger charge is -2.23. The Morgan fingerprint density at radius 3 is 2.29 bits per heavy atom. The van der Waals surface area contributed by atoms with Crippen molar-refractivity contribution in [2.45, 2.75) is 19.9 Å². The van der Waals surface area contributed by atoms with Crippen LogP contribution < -0.4 is 9.80 Å². The number of carbonyl (C=O) groups excluding carboxylic acids is 2. The summed E-state index contributed by atoms with van der Waals surface area (Å²) in [4.78, 5) is 37.9. The van der Waals surface area contributed by atoms with Gasteiger partial charge in [-0.2, -0.15) is 0 Å². The number of benzene rings is 3. The molecule has 0 aliphatic carbocycles. The first-order chi connectivity index (χ1) is 16.8. The number of nitrogens with one attached hydrogen (secondary N) is 1. The average molecular weight is 467 g/mol. The van der Waals surface area contributed by atoms with Crippen LogP contribution >= 0.6 is 0 Å². The number of hydrogen-bond donors (Lipinski definition) is 2. The number of aromatic nitrogens is 2. The van der Waals surface area contributed by atoms with Crippen LogP contribution in [0.15, 0.2) is 72.3 Å². The number of nitrogens with zero attached hydrogens (tertiary/aromatic N) is 3. The molecule has 1 atom stereocenters. The number of imidazole rings is 1. The van der Waals surface area contributed by atoms with Gasteiger partial charge in [0.1, 0.15) is 5.76 Å². The van der Waals surface area contributed by atoms with Crippen molar-refractivity contribution in [3.8, 4) is 0 Å². The Kier molecular flexibility index (Phi) is 5.40. The van der Waals surface area contributed by atoms with E-state index in [9.17, 15) is 14.7 Å². The highest BCUT2D eigenvalue weighted by Crippen LogP contribution is 2.42. The van der Waals surface area contributed by atoms with Gasteiger partial charge in [0.2, 0.25) is 5.95 Å². The molecule has 0 saturated carbocycles. The molecule has 1 fully saturated rings. The van der Waals surface area contributed by atoms with E-state index < -0.39 is 17.7 Å². The highest BCUT2D eigenvalue weighted by molar-refractivity contribution is 6.51. The van der Waals surface area contributed by atoms with Gasteiger partial charge in [-0.3, -0.25) is 14.5 Å². The van der Waals surface area contributed by atoms with E-state index in [0.717, 1.165) is 22.3 Å². The molecule has 1 aromatic heterocycles. The fraction of sp³-hybridized carbons (Fsp3) is 0.179. The molecular weight excluding hydrogens is 440 g/mol. The molecular formula is C28H26N4O3. The zero-order valence-electron chi connectivity index (χ0n) is 20.0. The van der Waals surface area contributed by atoms with Crippen molar-refractivity contribution in [2.75, 3.05) is 23.9 Å². The number of aromatic amines is 1. The fourth-order valence-electron chi connectivity index (χ4n) is 4.44. The van der Waals surface area contributed by atoms with Crippen molar-refractivity contribution >= 4 is 40.1 Å². The number of fused-ring (bicyclic) bond motifs is 1. The summed E-state index contributed by atoms with van der Waals surface area (Å²) in [7, 11) is 3.88. The van der Waals surface area contributed by atoms with E-state index in [1.54, 1.807) is 24.3 Å². The number of amides is 1. The number of aryl methyl sites for hydroxylation is 2. The number of Topliss-reactive ketones (excluding diaryl/α,β-unsaturated/α-hetero) is 1. The topological polar surface area (TPSA) is 89.5 Å². The maximum absolute atomic E-state index is 13.4.